The van der Waals surface area contributed by atoms with Gasteiger partial charge in [0.05, 0.1) is 13.1 Å². The maximum Gasteiger partial charge on any atom is 0.275 e. The van der Waals surface area contributed by atoms with E-state index in [0.29, 0.717) is 26.4 Å². The number of carbonyl (C=O) groups excluding carboxylic acids is 1. The zero-order valence-electron chi connectivity index (χ0n) is 18.6. The van der Waals surface area contributed by atoms with Gasteiger partial charge in [-0.3, -0.25) is 4.79 Å². The third-order valence-electron chi connectivity index (χ3n) is 5.17. The van der Waals surface area contributed by atoms with Crippen LogP contribution >= 0.6 is 0 Å². The van der Waals surface area contributed by atoms with Crippen LogP contribution in [0.2, 0.25) is 0 Å². The van der Waals surface area contributed by atoms with E-state index in [4.69, 9.17) is 14.2 Å². The van der Waals surface area contributed by atoms with Gasteiger partial charge in [-0.05, 0) is 47.9 Å². The fraction of sp³-hybridized carbons (Fsp3) is 0.400. The van der Waals surface area contributed by atoms with Crippen LogP contribution in [0.4, 0.5) is 0 Å². The molecule has 0 saturated carbocycles. The molecule has 0 aliphatic carbocycles. The second kappa shape index (κ2) is 10.9. The summed E-state index contributed by atoms with van der Waals surface area (Å²) in [7, 11) is 2.02. The number of ether oxygens (including phenoxy) is 3. The minimum atomic E-state index is -0.0857. The zero-order chi connectivity index (χ0) is 22.2. The first-order valence-corrected chi connectivity index (χ1v) is 10.8. The van der Waals surface area contributed by atoms with Crippen LogP contribution in [0.3, 0.4) is 0 Å². The average Bonchev–Trinajstić information content (AvgIpc) is 2.76. The number of fused-ring (bicyclic) bond motifs is 1. The van der Waals surface area contributed by atoms with E-state index in [1.807, 2.05) is 49.5 Å². The summed E-state index contributed by atoms with van der Waals surface area (Å²) < 4.78 is 16.8. The van der Waals surface area contributed by atoms with Crippen LogP contribution in [0, 0.1) is 5.92 Å². The molecule has 1 unspecified atom stereocenters. The summed E-state index contributed by atoms with van der Waals surface area (Å²) in [5, 5.41) is 3.20. The van der Waals surface area contributed by atoms with Gasteiger partial charge in [-0.1, -0.05) is 32.6 Å². The van der Waals surface area contributed by atoms with Gasteiger partial charge in [0, 0.05) is 5.56 Å². The van der Waals surface area contributed by atoms with Gasteiger partial charge in [-0.15, -0.1) is 0 Å². The molecule has 0 spiro atoms. The number of nitrogens with one attached hydrogen (secondary N) is 2. The number of rotatable bonds is 10. The third kappa shape index (κ3) is 6.49. The highest BCUT2D eigenvalue weighted by Gasteiger charge is 2.22. The van der Waals surface area contributed by atoms with Gasteiger partial charge in [0.2, 0.25) is 0 Å². The van der Waals surface area contributed by atoms with Crippen molar-refractivity contribution in [2.45, 2.75) is 26.4 Å². The Bertz CT molecular complexity index is 880. The van der Waals surface area contributed by atoms with Crippen molar-refractivity contribution in [2.24, 2.45) is 5.92 Å². The van der Waals surface area contributed by atoms with E-state index >= 15 is 0 Å². The van der Waals surface area contributed by atoms with Gasteiger partial charge < -0.3 is 24.4 Å². The lowest BCUT2D eigenvalue weighted by atomic mass is 9.95. The van der Waals surface area contributed by atoms with Gasteiger partial charge in [0.15, 0.2) is 18.0 Å². The fourth-order valence-electron chi connectivity index (χ4n) is 3.66. The zero-order valence-corrected chi connectivity index (χ0v) is 18.6. The highest BCUT2D eigenvalue weighted by molar-refractivity contribution is 5.77. The molecular weight excluding hydrogens is 392 g/mol. The minimum Gasteiger partial charge on any atom is -0.490 e. The highest BCUT2D eigenvalue weighted by atomic mass is 16.6. The van der Waals surface area contributed by atoms with Crippen LogP contribution in [0.25, 0.3) is 0 Å². The van der Waals surface area contributed by atoms with Crippen molar-refractivity contribution in [1.29, 1.82) is 0 Å². The molecule has 6 heteroatoms. The number of hydrogen-bond acceptors (Lipinski definition) is 4. The number of amides is 1. The van der Waals surface area contributed by atoms with Crippen molar-refractivity contribution >= 4 is 5.91 Å². The number of likely N-dealkylation sites (N-methyl/N-ethyl adjacent to an activating group) is 1. The molecule has 0 bridgehead atoms. The van der Waals surface area contributed by atoms with E-state index < -0.39 is 0 Å². The Hall–Kier alpha value is -2.99. The number of benzene rings is 2. The molecule has 0 aromatic heterocycles. The molecule has 3 rings (SSSR count). The first-order valence-electron chi connectivity index (χ1n) is 10.8. The van der Waals surface area contributed by atoms with Crippen LogP contribution in [0.5, 0.6) is 17.2 Å². The lowest BCUT2D eigenvalue weighted by Crippen LogP contribution is -3.08. The largest absolute Gasteiger partial charge is 0.490 e. The van der Waals surface area contributed by atoms with Crippen LogP contribution < -0.4 is 24.4 Å². The Balaban J connectivity index is 1.56. The SMILES string of the molecule is C=CCOc1ccc(C[NH+](C)CC(=O)N[C@H](c2ccc3c(c2)OCCO3)C(C)C)cc1. The maximum absolute atomic E-state index is 12.8. The molecule has 1 aliphatic rings. The molecule has 2 atom stereocenters. The van der Waals surface area contributed by atoms with Crippen molar-refractivity contribution < 1.29 is 23.9 Å². The Morgan fingerprint density at radius 2 is 1.87 bits per heavy atom. The van der Waals surface area contributed by atoms with Gasteiger partial charge in [0.25, 0.3) is 5.91 Å². The van der Waals surface area contributed by atoms with E-state index in [2.05, 4.69) is 25.7 Å². The fourth-order valence-corrected chi connectivity index (χ4v) is 3.66. The van der Waals surface area contributed by atoms with Crippen molar-refractivity contribution in [3.63, 3.8) is 0 Å². The van der Waals surface area contributed by atoms with Crippen molar-refractivity contribution in [3.05, 3.63) is 66.2 Å². The predicted molar refractivity (Wildman–Crippen MR) is 121 cm³/mol. The Morgan fingerprint density at radius 3 is 2.55 bits per heavy atom. The molecule has 6 nitrogen and oxygen atoms in total. The molecule has 0 saturated heterocycles. The van der Waals surface area contributed by atoms with Gasteiger partial charge in [-0.2, -0.15) is 0 Å². The molecule has 2 N–H and O–H groups in total. The topological polar surface area (TPSA) is 61.2 Å². The van der Waals surface area contributed by atoms with Crippen molar-refractivity contribution in [1.82, 2.24) is 5.32 Å². The first-order chi connectivity index (χ1) is 15.0. The van der Waals surface area contributed by atoms with Crippen molar-refractivity contribution in [2.75, 3.05) is 33.4 Å². The highest BCUT2D eigenvalue weighted by Crippen LogP contribution is 2.34. The molecule has 1 aliphatic heterocycles. The quantitative estimate of drug-likeness (QED) is 0.575. The summed E-state index contributed by atoms with van der Waals surface area (Å²) in [5.74, 6) is 2.59. The summed E-state index contributed by atoms with van der Waals surface area (Å²) in [6.07, 6.45) is 1.72. The Morgan fingerprint density at radius 1 is 1.16 bits per heavy atom. The van der Waals surface area contributed by atoms with E-state index in [1.54, 1.807) is 6.08 Å². The Kier molecular flexibility index (Phi) is 7.95. The second-order valence-electron chi connectivity index (χ2n) is 8.25. The summed E-state index contributed by atoms with van der Waals surface area (Å²) in [5.41, 5.74) is 2.18. The average molecular weight is 426 g/mol. The minimum absolute atomic E-state index is 0.0250. The molecule has 31 heavy (non-hydrogen) atoms. The van der Waals surface area contributed by atoms with Crippen LogP contribution in [0.1, 0.15) is 31.0 Å². The van der Waals surface area contributed by atoms with Crippen molar-refractivity contribution in [3.8, 4) is 17.2 Å². The van der Waals surface area contributed by atoms with E-state index in [-0.39, 0.29) is 17.9 Å². The maximum atomic E-state index is 12.8. The second-order valence-corrected chi connectivity index (χ2v) is 8.25. The van der Waals surface area contributed by atoms with E-state index in [9.17, 15) is 4.79 Å². The summed E-state index contributed by atoms with van der Waals surface area (Å²) in [6, 6.07) is 13.8. The van der Waals surface area contributed by atoms with Gasteiger partial charge in [0.1, 0.15) is 32.1 Å². The lowest BCUT2D eigenvalue weighted by molar-refractivity contribution is -0.885. The summed E-state index contributed by atoms with van der Waals surface area (Å²) >= 11 is 0. The number of quaternary nitrogens is 1. The molecule has 2 aromatic carbocycles. The van der Waals surface area contributed by atoms with Crippen LogP contribution in [-0.2, 0) is 11.3 Å². The van der Waals surface area contributed by atoms with Crippen LogP contribution in [-0.4, -0.2) is 39.3 Å². The lowest BCUT2D eigenvalue weighted by Gasteiger charge is -2.26. The predicted octanol–water partition coefficient (Wildman–Crippen LogP) is 2.55. The van der Waals surface area contributed by atoms with E-state index in [0.717, 1.165) is 39.8 Å². The molecule has 0 fully saturated rings. The van der Waals surface area contributed by atoms with Gasteiger partial charge >= 0.3 is 0 Å². The smallest absolute Gasteiger partial charge is 0.275 e. The Labute approximate surface area is 184 Å². The molecular formula is C25H33N2O4+. The van der Waals surface area contributed by atoms with E-state index in [1.165, 1.54) is 0 Å². The third-order valence-corrected chi connectivity index (χ3v) is 5.17. The summed E-state index contributed by atoms with van der Waals surface area (Å²) in [4.78, 5) is 13.9. The molecule has 166 valence electrons. The van der Waals surface area contributed by atoms with Crippen LogP contribution in [0.15, 0.2) is 55.1 Å². The molecule has 2 aromatic rings. The van der Waals surface area contributed by atoms with Gasteiger partial charge in [-0.25, -0.2) is 0 Å². The first kappa shape index (κ1) is 22.7. The molecule has 0 radical (unpaired) electrons. The monoisotopic (exact) mass is 425 g/mol. The summed E-state index contributed by atoms with van der Waals surface area (Å²) in [6.45, 7) is 10.6. The molecule has 1 heterocycles. The number of hydrogen-bond donors (Lipinski definition) is 2. The number of carbonyl (C=O) groups is 1. The molecule has 1 amide bonds. The standard InChI is InChI=1S/C25H32N2O4/c1-5-12-29-21-9-6-19(7-10-21)16-27(4)17-24(28)26-25(18(2)3)20-8-11-22-23(15-20)31-14-13-30-22/h5-11,15,18,25H,1,12-14,16-17H2,2-4H3,(H,26,28)/p+1/t25-/m0/s1. The normalized spacial score (nSPS) is 14.6.